The molecule has 3 aromatic heterocycles. The molecular formula is C48H49Cl2FN6O7S. The van der Waals surface area contributed by atoms with Crippen LogP contribution in [0.25, 0.3) is 31.8 Å². The number of nitrogens with zero attached hydrogens (tertiary/aromatic N) is 6. The zero-order chi connectivity index (χ0) is 45.4. The van der Waals surface area contributed by atoms with Crippen molar-refractivity contribution in [1.29, 1.82) is 0 Å². The molecule has 3 aliphatic heterocycles. The highest BCUT2D eigenvalue weighted by molar-refractivity contribution is 7.22. The van der Waals surface area contributed by atoms with Crippen molar-refractivity contribution in [3.8, 4) is 44.7 Å². The molecule has 10 rings (SSSR count). The highest BCUT2D eigenvalue weighted by Crippen LogP contribution is 2.53. The number of hydrogen-bond donors (Lipinski definition) is 2. The minimum absolute atomic E-state index is 0.0311. The van der Waals surface area contributed by atoms with Crippen LogP contribution in [0.2, 0.25) is 10.0 Å². The molecule has 1 aliphatic carbocycles. The Kier molecular flexibility index (Phi) is 13.4. The number of fused-ring (bicyclic) bond motifs is 7. The predicted molar refractivity (Wildman–Crippen MR) is 247 cm³/mol. The van der Waals surface area contributed by atoms with Crippen molar-refractivity contribution >= 4 is 50.7 Å². The molecule has 0 radical (unpaired) electrons. The van der Waals surface area contributed by atoms with E-state index >= 15 is 0 Å². The van der Waals surface area contributed by atoms with E-state index in [1.165, 1.54) is 29.8 Å². The van der Waals surface area contributed by atoms with Crippen molar-refractivity contribution in [2.45, 2.75) is 76.8 Å². The number of carbonyl (C=O) groups is 1. The smallest absolute Gasteiger partial charge is 0.345 e. The third kappa shape index (κ3) is 9.72. The number of rotatable bonds is 8. The van der Waals surface area contributed by atoms with Gasteiger partial charge in [0.1, 0.15) is 53.6 Å². The van der Waals surface area contributed by atoms with Crippen molar-refractivity contribution in [3.63, 3.8) is 0 Å². The zero-order valence-electron chi connectivity index (χ0n) is 36.2. The largest absolute Gasteiger partial charge is 0.490 e. The molecule has 65 heavy (non-hydrogen) atoms. The molecule has 6 aromatic rings. The number of carboxylic acids is 1. The van der Waals surface area contributed by atoms with Crippen LogP contribution in [0.3, 0.4) is 0 Å². The number of likely N-dealkylation sites (N-methyl/N-ethyl adjacent to an activating group) is 1. The molecule has 2 atom stereocenters. The van der Waals surface area contributed by atoms with E-state index in [2.05, 4.69) is 31.8 Å². The molecule has 1 unspecified atom stereocenters. The van der Waals surface area contributed by atoms with Gasteiger partial charge in [-0.05, 0) is 105 Å². The molecule has 4 aliphatic rings. The average Bonchev–Trinajstić information content (AvgIpc) is 3.69. The van der Waals surface area contributed by atoms with Gasteiger partial charge in [-0.15, -0.1) is 11.3 Å². The standard InChI is InChI=1S/C48H49Cl2FN6O7S/c1-26-38-27(2)42(50)43(41(26)49)63-35(22-57-18-16-56(3)17-19-57)24-61-34-12-13-36(62-23-32-14-15-52-45(55-32)29-6-10-33(58)11-7-29)30(20-34)21-37(48(59)60)64-46-40-39(38)44(65-47(40)54-25-53-46)28-4-8-31(51)9-5-28/h4-5,8-9,12-15,20,25,29,33,35,37,58H,6-7,10-11,16-19,21-24H2,1-3H3,(H,59,60)/t29?,33?,35?,37-/m1/s1. The Morgan fingerprint density at radius 3 is 2.40 bits per heavy atom. The lowest BCUT2D eigenvalue weighted by atomic mass is 9.87. The van der Waals surface area contributed by atoms with Gasteiger partial charge in [-0.1, -0.05) is 35.3 Å². The lowest BCUT2D eigenvalue weighted by molar-refractivity contribution is -0.145. The Hall–Kier alpha value is -5.16. The van der Waals surface area contributed by atoms with Crippen LogP contribution in [0.15, 0.2) is 61.1 Å². The summed E-state index contributed by atoms with van der Waals surface area (Å²) in [6.07, 6.45) is 3.66. The van der Waals surface area contributed by atoms with Gasteiger partial charge in [-0.2, -0.15) is 0 Å². The van der Waals surface area contributed by atoms with Crippen LogP contribution < -0.4 is 18.9 Å². The van der Waals surface area contributed by atoms with Crippen molar-refractivity contribution in [3.05, 3.63) is 105 Å². The lowest BCUT2D eigenvalue weighted by Gasteiger charge is -2.35. The van der Waals surface area contributed by atoms with Crippen molar-refractivity contribution < 1.29 is 38.3 Å². The van der Waals surface area contributed by atoms with Gasteiger partial charge in [0.2, 0.25) is 12.0 Å². The highest BCUT2D eigenvalue weighted by atomic mass is 35.5. The summed E-state index contributed by atoms with van der Waals surface area (Å²) in [4.78, 5) is 37.7. The van der Waals surface area contributed by atoms with Gasteiger partial charge in [-0.25, -0.2) is 29.1 Å². The van der Waals surface area contributed by atoms with Gasteiger partial charge < -0.3 is 34.1 Å². The second-order valence-corrected chi connectivity index (χ2v) is 18.8. The van der Waals surface area contributed by atoms with Gasteiger partial charge in [0.15, 0.2) is 5.75 Å². The molecule has 4 bridgehead atoms. The van der Waals surface area contributed by atoms with E-state index in [1.807, 2.05) is 13.8 Å². The first-order valence-corrected chi connectivity index (χ1v) is 23.3. The fourth-order valence-electron chi connectivity index (χ4n) is 8.89. The summed E-state index contributed by atoms with van der Waals surface area (Å²) in [6.45, 7) is 7.96. The molecule has 1 saturated heterocycles. The molecule has 0 spiro atoms. The first kappa shape index (κ1) is 45.0. The van der Waals surface area contributed by atoms with E-state index in [0.29, 0.717) is 107 Å². The van der Waals surface area contributed by atoms with Gasteiger partial charge in [-0.3, -0.25) is 4.90 Å². The summed E-state index contributed by atoms with van der Waals surface area (Å²) in [7, 11) is 2.10. The van der Waals surface area contributed by atoms with E-state index in [0.717, 1.165) is 39.0 Å². The normalized spacial score (nSPS) is 20.7. The lowest BCUT2D eigenvalue weighted by Crippen LogP contribution is -2.49. The van der Waals surface area contributed by atoms with Crippen LogP contribution in [0, 0.1) is 19.7 Å². The molecule has 2 fully saturated rings. The van der Waals surface area contributed by atoms with Crippen LogP contribution in [0.4, 0.5) is 4.39 Å². The van der Waals surface area contributed by atoms with Crippen LogP contribution in [-0.2, 0) is 17.8 Å². The number of benzene rings is 3. The van der Waals surface area contributed by atoms with E-state index in [4.69, 9.17) is 47.1 Å². The molecular weight excluding hydrogens is 895 g/mol. The molecule has 0 amide bonds. The Morgan fingerprint density at radius 2 is 1.68 bits per heavy atom. The van der Waals surface area contributed by atoms with Gasteiger partial charge >= 0.3 is 5.97 Å². The number of aliphatic hydroxyl groups excluding tert-OH is 1. The highest BCUT2D eigenvalue weighted by Gasteiger charge is 2.32. The van der Waals surface area contributed by atoms with Crippen LogP contribution in [0.5, 0.6) is 23.1 Å². The summed E-state index contributed by atoms with van der Waals surface area (Å²) in [5.74, 6) is 0.466. The molecule has 13 nitrogen and oxygen atoms in total. The summed E-state index contributed by atoms with van der Waals surface area (Å²) in [5, 5.41) is 22.0. The Balaban J connectivity index is 1.15. The molecule has 2 N–H and O–H groups in total. The number of piperazine rings is 1. The van der Waals surface area contributed by atoms with Crippen LogP contribution in [0.1, 0.15) is 59.8 Å². The maximum absolute atomic E-state index is 14.4. The van der Waals surface area contributed by atoms with Crippen molar-refractivity contribution in [2.24, 2.45) is 0 Å². The molecule has 340 valence electrons. The number of thiophene rings is 1. The SMILES string of the molecule is Cc1c(Cl)c2c(Cl)c(C)c1-c1c(-c3ccc(F)cc3)sc3ncnc(c13)O[C@@H](C(=O)O)Cc1cc(ccc1OCc1ccnc(C3CCC(O)CC3)n1)OCC(CN1CCN(C)CC1)O2. The molecule has 6 heterocycles. The van der Waals surface area contributed by atoms with Crippen molar-refractivity contribution in [2.75, 3.05) is 46.4 Å². The first-order chi connectivity index (χ1) is 31.4. The van der Waals surface area contributed by atoms with E-state index in [-0.39, 0.29) is 37.5 Å². The van der Waals surface area contributed by atoms with Gasteiger partial charge in [0, 0.05) is 67.3 Å². The topological polar surface area (TPSA) is 152 Å². The van der Waals surface area contributed by atoms with Gasteiger partial charge in [0.05, 0.1) is 27.2 Å². The average molecular weight is 944 g/mol. The zero-order valence-corrected chi connectivity index (χ0v) is 38.6. The minimum atomic E-state index is -1.46. The molecule has 1 saturated carbocycles. The number of ether oxygens (including phenoxy) is 4. The Labute approximate surface area is 390 Å². The first-order valence-electron chi connectivity index (χ1n) is 21.8. The van der Waals surface area contributed by atoms with Crippen molar-refractivity contribution in [1.82, 2.24) is 29.7 Å². The number of hydrogen-bond acceptors (Lipinski definition) is 13. The summed E-state index contributed by atoms with van der Waals surface area (Å²) >= 11 is 16.0. The summed E-state index contributed by atoms with van der Waals surface area (Å²) in [6, 6.07) is 13.2. The van der Waals surface area contributed by atoms with Crippen LogP contribution in [-0.4, -0.2) is 111 Å². The van der Waals surface area contributed by atoms with Crippen LogP contribution >= 0.6 is 34.5 Å². The predicted octanol–water partition coefficient (Wildman–Crippen LogP) is 8.94. The molecule has 17 heteroatoms. The number of carboxylic acid groups (broad SMARTS) is 1. The number of aliphatic hydroxyl groups is 1. The molecule has 3 aromatic carbocycles. The Bertz CT molecular complexity index is 2680. The quantitative estimate of drug-likeness (QED) is 0.150. The fourth-order valence-corrected chi connectivity index (χ4v) is 10.5. The second kappa shape index (κ2) is 19.4. The Morgan fingerprint density at radius 1 is 0.938 bits per heavy atom. The number of halogens is 3. The van der Waals surface area contributed by atoms with Gasteiger partial charge in [0.25, 0.3) is 0 Å². The monoisotopic (exact) mass is 942 g/mol. The number of aromatic nitrogens is 4. The van der Waals surface area contributed by atoms with E-state index in [9.17, 15) is 19.4 Å². The second-order valence-electron chi connectivity index (χ2n) is 17.0. The number of aliphatic carboxylic acids is 1. The summed E-state index contributed by atoms with van der Waals surface area (Å²) < 4.78 is 40.6. The maximum Gasteiger partial charge on any atom is 0.345 e. The third-order valence-corrected chi connectivity index (χ3v) is 14.6. The minimum Gasteiger partial charge on any atom is -0.490 e. The third-order valence-electron chi connectivity index (χ3n) is 12.5. The fraction of sp³-hybridized carbons (Fsp3) is 0.396. The summed E-state index contributed by atoms with van der Waals surface area (Å²) in [5.41, 5.74) is 4.45. The van der Waals surface area contributed by atoms with E-state index < -0.39 is 24.0 Å². The van der Waals surface area contributed by atoms with E-state index in [1.54, 1.807) is 42.6 Å². The maximum atomic E-state index is 14.4.